The van der Waals surface area contributed by atoms with Crippen molar-refractivity contribution in [2.75, 3.05) is 0 Å². The second-order valence-corrected chi connectivity index (χ2v) is 3.52. The van der Waals surface area contributed by atoms with E-state index in [1.54, 1.807) is 0 Å². The predicted molar refractivity (Wildman–Crippen MR) is 57.6 cm³/mol. The molecule has 1 aliphatic rings. The summed E-state index contributed by atoms with van der Waals surface area (Å²) in [6.45, 7) is 4.27. The lowest BCUT2D eigenvalue weighted by Gasteiger charge is -1.99. The van der Waals surface area contributed by atoms with E-state index in [4.69, 9.17) is 0 Å². The van der Waals surface area contributed by atoms with Crippen molar-refractivity contribution < 1.29 is 0 Å². The van der Waals surface area contributed by atoms with Gasteiger partial charge < -0.3 is 0 Å². The Hall–Kier alpha value is -1.30. The van der Waals surface area contributed by atoms with E-state index in [0.717, 1.165) is 6.42 Å². The highest BCUT2D eigenvalue weighted by Crippen LogP contribution is 2.28. The highest BCUT2D eigenvalue weighted by Gasteiger charge is 2.11. The standard InChI is InChI=1S/C13H14/c1-3-10(2)13-8-11-6-4-5-7-12(11)9-13/h3-8H,9H2,1-2H3. The van der Waals surface area contributed by atoms with Crippen molar-refractivity contribution in [1.29, 1.82) is 0 Å². The van der Waals surface area contributed by atoms with Gasteiger partial charge >= 0.3 is 0 Å². The van der Waals surface area contributed by atoms with Crippen LogP contribution in [0.4, 0.5) is 0 Å². The summed E-state index contributed by atoms with van der Waals surface area (Å²) in [6.07, 6.45) is 5.58. The van der Waals surface area contributed by atoms with Gasteiger partial charge in [-0.3, -0.25) is 0 Å². The number of rotatable bonds is 1. The first-order valence-corrected chi connectivity index (χ1v) is 4.73. The summed E-state index contributed by atoms with van der Waals surface area (Å²) in [5, 5.41) is 0. The van der Waals surface area contributed by atoms with Crippen molar-refractivity contribution >= 4 is 6.08 Å². The normalized spacial score (nSPS) is 15.5. The summed E-state index contributed by atoms with van der Waals surface area (Å²) < 4.78 is 0. The molecule has 0 radical (unpaired) electrons. The molecule has 0 atom stereocenters. The lowest BCUT2D eigenvalue weighted by molar-refractivity contribution is 1.19. The molecule has 0 aliphatic heterocycles. The molecule has 0 unspecified atom stereocenters. The first-order valence-electron chi connectivity index (χ1n) is 4.73. The average molecular weight is 170 g/mol. The molecule has 0 fully saturated rings. The van der Waals surface area contributed by atoms with Gasteiger partial charge in [0.05, 0.1) is 0 Å². The van der Waals surface area contributed by atoms with Gasteiger partial charge in [-0.1, -0.05) is 42.0 Å². The summed E-state index contributed by atoms with van der Waals surface area (Å²) in [5.41, 5.74) is 5.71. The topological polar surface area (TPSA) is 0 Å². The van der Waals surface area contributed by atoms with Gasteiger partial charge in [0.1, 0.15) is 0 Å². The lowest BCUT2D eigenvalue weighted by atomic mass is 10.1. The average Bonchev–Trinajstić information content (AvgIpc) is 2.59. The van der Waals surface area contributed by atoms with E-state index in [2.05, 4.69) is 50.3 Å². The minimum absolute atomic E-state index is 1.10. The Morgan fingerprint density at radius 1 is 1.31 bits per heavy atom. The Morgan fingerprint density at radius 3 is 2.77 bits per heavy atom. The van der Waals surface area contributed by atoms with Crippen molar-refractivity contribution in [2.24, 2.45) is 0 Å². The number of allylic oxidation sites excluding steroid dienone is 3. The Bertz CT molecular complexity index is 381. The third kappa shape index (κ3) is 1.44. The smallest absolute Gasteiger partial charge is 0.00171 e. The summed E-state index contributed by atoms with van der Waals surface area (Å²) in [5.74, 6) is 0. The van der Waals surface area contributed by atoms with Crippen LogP contribution in [-0.4, -0.2) is 0 Å². The molecule has 0 N–H and O–H groups in total. The van der Waals surface area contributed by atoms with Crippen LogP contribution in [0.1, 0.15) is 25.0 Å². The zero-order valence-electron chi connectivity index (χ0n) is 8.17. The Labute approximate surface area is 79.6 Å². The van der Waals surface area contributed by atoms with Crippen LogP contribution >= 0.6 is 0 Å². The van der Waals surface area contributed by atoms with Gasteiger partial charge in [-0.25, -0.2) is 0 Å². The zero-order chi connectivity index (χ0) is 9.26. The first-order chi connectivity index (χ1) is 6.31. The van der Waals surface area contributed by atoms with Gasteiger partial charge in [-0.05, 0) is 37.0 Å². The molecule has 0 saturated carbocycles. The van der Waals surface area contributed by atoms with Gasteiger partial charge in [0.15, 0.2) is 0 Å². The van der Waals surface area contributed by atoms with E-state index in [1.807, 2.05) is 0 Å². The minimum atomic E-state index is 1.10. The molecule has 1 aromatic carbocycles. The van der Waals surface area contributed by atoms with Gasteiger partial charge in [0.2, 0.25) is 0 Å². The summed E-state index contributed by atoms with van der Waals surface area (Å²) in [7, 11) is 0. The molecule has 0 saturated heterocycles. The predicted octanol–water partition coefficient (Wildman–Crippen LogP) is 3.59. The number of hydrogen-bond donors (Lipinski definition) is 0. The third-order valence-electron chi connectivity index (χ3n) is 2.71. The highest BCUT2D eigenvalue weighted by atomic mass is 14.2. The van der Waals surface area contributed by atoms with Gasteiger partial charge in [0.25, 0.3) is 0 Å². The van der Waals surface area contributed by atoms with Crippen LogP contribution < -0.4 is 0 Å². The molecule has 0 heteroatoms. The van der Waals surface area contributed by atoms with Crippen LogP contribution in [0.25, 0.3) is 6.08 Å². The van der Waals surface area contributed by atoms with Gasteiger partial charge in [-0.2, -0.15) is 0 Å². The Morgan fingerprint density at radius 2 is 2.08 bits per heavy atom. The quantitative estimate of drug-likeness (QED) is 0.604. The lowest BCUT2D eigenvalue weighted by Crippen LogP contribution is -1.85. The molecule has 1 aromatic rings. The molecule has 0 spiro atoms. The third-order valence-corrected chi connectivity index (χ3v) is 2.71. The van der Waals surface area contributed by atoms with E-state index < -0.39 is 0 Å². The number of benzene rings is 1. The highest BCUT2D eigenvalue weighted by molar-refractivity contribution is 5.67. The largest absolute Gasteiger partial charge is 0.0844 e. The maximum absolute atomic E-state index is 2.30. The molecule has 0 heterocycles. The van der Waals surface area contributed by atoms with E-state index in [1.165, 1.54) is 22.3 Å². The van der Waals surface area contributed by atoms with Crippen LogP contribution in [0.3, 0.4) is 0 Å². The zero-order valence-corrected chi connectivity index (χ0v) is 8.17. The molecule has 0 aromatic heterocycles. The monoisotopic (exact) mass is 170 g/mol. The second-order valence-electron chi connectivity index (χ2n) is 3.52. The summed E-state index contributed by atoms with van der Waals surface area (Å²) in [6, 6.07) is 8.61. The fraction of sp³-hybridized carbons (Fsp3) is 0.231. The van der Waals surface area contributed by atoms with Crippen molar-refractivity contribution in [3.05, 3.63) is 52.6 Å². The molecule has 2 rings (SSSR count). The van der Waals surface area contributed by atoms with Gasteiger partial charge in [-0.15, -0.1) is 0 Å². The van der Waals surface area contributed by atoms with E-state index in [0.29, 0.717) is 0 Å². The second kappa shape index (κ2) is 3.21. The fourth-order valence-corrected chi connectivity index (χ4v) is 1.72. The number of fused-ring (bicyclic) bond motifs is 1. The Kier molecular flexibility index (Phi) is 2.05. The van der Waals surface area contributed by atoms with Crippen molar-refractivity contribution in [1.82, 2.24) is 0 Å². The molecular formula is C13H14. The van der Waals surface area contributed by atoms with E-state index >= 15 is 0 Å². The van der Waals surface area contributed by atoms with E-state index in [-0.39, 0.29) is 0 Å². The van der Waals surface area contributed by atoms with E-state index in [9.17, 15) is 0 Å². The number of hydrogen-bond acceptors (Lipinski definition) is 0. The fourth-order valence-electron chi connectivity index (χ4n) is 1.72. The minimum Gasteiger partial charge on any atom is -0.0844 e. The summed E-state index contributed by atoms with van der Waals surface area (Å²) >= 11 is 0. The van der Waals surface area contributed by atoms with Crippen LogP contribution in [0.15, 0.2) is 41.5 Å². The maximum Gasteiger partial charge on any atom is -0.00171 e. The molecular weight excluding hydrogens is 156 g/mol. The maximum atomic E-state index is 2.30. The molecule has 13 heavy (non-hydrogen) atoms. The SMILES string of the molecule is CC=C(C)C1=Cc2ccccc2C1. The van der Waals surface area contributed by atoms with Gasteiger partial charge in [0, 0.05) is 0 Å². The molecule has 0 amide bonds. The molecule has 66 valence electrons. The molecule has 0 nitrogen and oxygen atoms in total. The first kappa shape index (κ1) is 8.31. The Balaban J connectivity index is 2.36. The summed E-state index contributed by atoms with van der Waals surface area (Å²) in [4.78, 5) is 0. The van der Waals surface area contributed by atoms with Crippen molar-refractivity contribution in [3.63, 3.8) is 0 Å². The molecule has 1 aliphatic carbocycles. The van der Waals surface area contributed by atoms with Crippen LogP contribution in [0.2, 0.25) is 0 Å². The molecule has 0 bridgehead atoms. The van der Waals surface area contributed by atoms with Crippen LogP contribution in [0, 0.1) is 0 Å². The van der Waals surface area contributed by atoms with Crippen LogP contribution in [-0.2, 0) is 6.42 Å². The van der Waals surface area contributed by atoms with Crippen LogP contribution in [0.5, 0.6) is 0 Å². The van der Waals surface area contributed by atoms with Crippen molar-refractivity contribution in [3.8, 4) is 0 Å². The van der Waals surface area contributed by atoms with Crippen molar-refractivity contribution in [2.45, 2.75) is 20.3 Å².